The molecule has 0 radical (unpaired) electrons. The van der Waals surface area contributed by atoms with Crippen LogP contribution in [0.1, 0.15) is 25.0 Å². The normalized spacial score (nSPS) is 23.0. The molecule has 7 heteroatoms. The van der Waals surface area contributed by atoms with Crippen LogP contribution in [0.4, 0.5) is 5.69 Å². The predicted molar refractivity (Wildman–Crippen MR) is 95.6 cm³/mol. The summed E-state index contributed by atoms with van der Waals surface area (Å²) in [6.07, 6.45) is 3.22. The van der Waals surface area contributed by atoms with Crippen molar-refractivity contribution in [3.63, 3.8) is 0 Å². The van der Waals surface area contributed by atoms with Crippen LogP contribution < -0.4 is 21.7 Å². The molecule has 1 aromatic heterocycles. The van der Waals surface area contributed by atoms with Crippen LogP contribution in [0.3, 0.4) is 0 Å². The first-order valence-electron chi connectivity index (χ1n) is 8.72. The van der Waals surface area contributed by atoms with Gasteiger partial charge in [-0.25, -0.2) is 10.1 Å². The van der Waals surface area contributed by atoms with E-state index in [2.05, 4.69) is 16.2 Å². The molecule has 2 atom stereocenters. The van der Waals surface area contributed by atoms with Crippen LogP contribution in [0.2, 0.25) is 0 Å². The fraction of sp³-hybridized carbons (Fsp3) is 0.444. The Hall–Kier alpha value is -2.38. The van der Waals surface area contributed by atoms with Gasteiger partial charge in [-0.1, -0.05) is 18.2 Å². The van der Waals surface area contributed by atoms with E-state index < -0.39 is 0 Å². The van der Waals surface area contributed by atoms with Crippen LogP contribution in [0.15, 0.2) is 35.1 Å². The lowest BCUT2D eigenvalue weighted by Crippen LogP contribution is -2.41. The number of nitrogens with zero attached hydrogens (tertiary/aromatic N) is 2. The maximum absolute atomic E-state index is 12.8. The molecule has 2 aromatic rings. The number of carbonyl (C=O) groups excluding carboxylic acids is 1. The number of amides is 1. The van der Waals surface area contributed by atoms with E-state index in [1.54, 1.807) is 9.36 Å². The number of hydrogen-bond donors (Lipinski definition) is 3. The van der Waals surface area contributed by atoms with Crippen molar-refractivity contribution in [2.75, 3.05) is 5.32 Å². The maximum atomic E-state index is 12.8. The molecule has 2 heterocycles. The summed E-state index contributed by atoms with van der Waals surface area (Å²) in [6.45, 7) is 1.84. The van der Waals surface area contributed by atoms with Crippen molar-refractivity contribution < 1.29 is 4.79 Å². The summed E-state index contributed by atoms with van der Waals surface area (Å²) < 4.78 is 3.33. The minimum Gasteiger partial charge on any atom is -0.319 e. The van der Waals surface area contributed by atoms with E-state index in [4.69, 9.17) is 0 Å². The zero-order chi connectivity index (χ0) is 17.6. The number of nitrogens with one attached hydrogen (secondary N) is 3. The summed E-state index contributed by atoms with van der Waals surface area (Å²) in [7, 11) is 1.82. The van der Waals surface area contributed by atoms with Crippen LogP contribution in [0.25, 0.3) is 5.69 Å². The Kier molecular flexibility index (Phi) is 3.97. The number of carbonyl (C=O) groups is 1. The zero-order valence-corrected chi connectivity index (χ0v) is 14.5. The van der Waals surface area contributed by atoms with Crippen molar-refractivity contribution in [2.45, 2.75) is 38.3 Å². The standard InChI is InChI=1S/C18H23N5O2/c1-11-16(18(25)23(22(11)2)13-6-4-3-5-7-13)19-17(24)15-10-14(20-21-15)12-8-9-12/h3-7,12,14-15,20-21H,8-10H2,1-2H3,(H,19,24). The van der Waals surface area contributed by atoms with Crippen molar-refractivity contribution in [1.82, 2.24) is 20.2 Å². The third-order valence-corrected chi connectivity index (χ3v) is 5.24. The molecule has 1 aliphatic carbocycles. The molecule has 2 aliphatic rings. The van der Waals surface area contributed by atoms with Crippen LogP contribution in [-0.2, 0) is 11.8 Å². The fourth-order valence-electron chi connectivity index (χ4n) is 3.48. The zero-order valence-electron chi connectivity index (χ0n) is 14.5. The van der Waals surface area contributed by atoms with Gasteiger partial charge >= 0.3 is 0 Å². The largest absolute Gasteiger partial charge is 0.319 e. The molecule has 1 aromatic carbocycles. The minimum absolute atomic E-state index is 0.165. The van der Waals surface area contributed by atoms with E-state index in [1.165, 1.54) is 12.8 Å². The molecule has 132 valence electrons. The van der Waals surface area contributed by atoms with Crippen molar-refractivity contribution in [1.29, 1.82) is 0 Å². The molecular weight excluding hydrogens is 318 g/mol. The monoisotopic (exact) mass is 341 g/mol. The predicted octanol–water partition coefficient (Wildman–Crippen LogP) is 1.07. The molecule has 0 bridgehead atoms. The minimum atomic E-state index is -0.310. The highest BCUT2D eigenvalue weighted by atomic mass is 16.2. The number of rotatable bonds is 4. The number of para-hydroxylation sites is 1. The number of anilines is 1. The van der Waals surface area contributed by atoms with Crippen molar-refractivity contribution >= 4 is 11.6 Å². The topological polar surface area (TPSA) is 80.1 Å². The SMILES string of the molecule is Cc1c(NC(=O)C2CC(C3CC3)NN2)c(=O)n(-c2ccccc2)n1C. The molecular formula is C18H23N5O2. The lowest BCUT2D eigenvalue weighted by Gasteiger charge is -2.09. The second-order valence-electron chi connectivity index (χ2n) is 6.95. The lowest BCUT2D eigenvalue weighted by molar-refractivity contribution is -0.117. The van der Waals surface area contributed by atoms with Gasteiger partial charge in [-0.15, -0.1) is 0 Å². The van der Waals surface area contributed by atoms with E-state index in [0.717, 1.165) is 17.8 Å². The van der Waals surface area contributed by atoms with Crippen LogP contribution in [0, 0.1) is 12.8 Å². The molecule has 1 aliphatic heterocycles. The van der Waals surface area contributed by atoms with Crippen molar-refractivity contribution in [2.24, 2.45) is 13.0 Å². The molecule has 1 saturated heterocycles. The van der Waals surface area contributed by atoms with Gasteiger partial charge in [0.15, 0.2) is 0 Å². The third-order valence-electron chi connectivity index (χ3n) is 5.24. The third kappa shape index (κ3) is 2.89. The first kappa shape index (κ1) is 16.1. The molecule has 0 spiro atoms. The second kappa shape index (κ2) is 6.16. The van der Waals surface area contributed by atoms with Crippen LogP contribution in [-0.4, -0.2) is 27.4 Å². The number of aromatic nitrogens is 2. The summed E-state index contributed by atoms with van der Waals surface area (Å²) in [5.41, 5.74) is 7.89. The van der Waals surface area contributed by atoms with Crippen molar-refractivity contribution in [3.8, 4) is 5.69 Å². The highest BCUT2D eigenvalue weighted by Gasteiger charge is 2.39. The first-order valence-corrected chi connectivity index (χ1v) is 8.72. The summed E-state index contributed by atoms with van der Waals surface area (Å²) >= 11 is 0. The van der Waals surface area contributed by atoms with E-state index >= 15 is 0 Å². The Morgan fingerprint density at radius 3 is 2.60 bits per heavy atom. The van der Waals surface area contributed by atoms with Gasteiger partial charge in [0, 0.05) is 13.1 Å². The number of benzene rings is 1. The van der Waals surface area contributed by atoms with Crippen LogP contribution >= 0.6 is 0 Å². The average Bonchev–Trinajstić information content (AvgIpc) is 3.31. The van der Waals surface area contributed by atoms with Gasteiger partial charge in [-0.2, -0.15) is 0 Å². The van der Waals surface area contributed by atoms with Gasteiger partial charge in [0.05, 0.1) is 11.4 Å². The van der Waals surface area contributed by atoms with Gasteiger partial charge in [0.2, 0.25) is 5.91 Å². The molecule has 1 amide bonds. The van der Waals surface area contributed by atoms with Gasteiger partial charge in [0.1, 0.15) is 11.7 Å². The van der Waals surface area contributed by atoms with Gasteiger partial charge < -0.3 is 5.32 Å². The average molecular weight is 341 g/mol. The highest BCUT2D eigenvalue weighted by Crippen LogP contribution is 2.35. The van der Waals surface area contributed by atoms with E-state index in [1.807, 2.05) is 44.3 Å². The molecule has 25 heavy (non-hydrogen) atoms. The summed E-state index contributed by atoms with van der Waals surface area (Å²) in [5, 5.41) is 2.84. The Morgan fingerprint density at radius 2 is 1.92 bits per heavy atom. The molecule has 2 fully saturated rings. The smallest absolute Gasteiger partial charge is 0.295 e. The second-order valence-corrected chi connectivity index (χ2v) is 6.95. The molecule has 3 N–H and O–H groups in total. The van der Waals surface area contributed by atoms with Crippen LogP contribution in [0.5, 0.6) is 0 Å². The highest BCUT2D eigenvalue weighted by molar-refractivity contribution is 5.95. The summed E-state index contributed by atoms with van der Waals surface area (Å²) in [6, 6.07) is 9.46. The molecule has 1 saturated carbocycles. The van der Waals surface area contributed by atoms with Gasteiger partial charge in [-0.3, -0.25) is 19.7 Å². The summed E-state index contributed by atoms with van der Waals surface area (Å²) in [4.78, 5) is 25.4. The number of hydrazine groups is 1. The van der Waals surface area contributed by atoms with Gasteiger partial charge in [0.25, 0.3) is 5.56 Å². The van der Waals surface area contributed by atoms with E-state index in [9.17, 15) is 9.59 Å². The Balaban J connectivity index is 1.57. The summed E-state index contributed by atoms with van der Waals surface area (Å²) in [5.74, 6) is 0.515. The molecule has 2 unspecified atom stereocenters. The lowest BCUT2D eigenvalue weighted by atomic mass is 10.1. The van der Waals surface area contributed by atoms with Gasteiger partial charge in [-0.05, 0) is 44.2 Å². The number of hydrogen-bond acceptors (Lipinski definition) is 4. The Labute approximate surface area is 146 Å². The Bertz CT molecular complexity index is 850. The van der Waals surface area contributed by atoms with Crippen molar-refractivity contribution in [3.05, 3.63) is 46.4 Å². The van der Waals surface area contributed by atoms with E-state index in [-0.39, 0.29) is 17.5 Å². The quantitative estimate of drug-likeness (QED) is 0.777. The molecule has 7 nitrogen and oxygen atoms in total. The fourth-order valence-corrected chi connectivity index (χ4v) is 3.48. The van der Waals surface area contributed by atoms with E-state index in [0.29, 0.717) is 17.6 Å². The Morgan fingerprint density at radius 1 is 1.20 bits per heavy atom. The maximum Gasteiger partial charge on any atom is 0.295 e. The first-order chi connectivity index (χ1) is 12.1. The molecule has 4 rings (SSSR count).